The number of anilines is 3. The summed E-state index contributed by atoms with van der Waals surface area (Å²) in [7, 11) is 0. The van der Waals surface area contributed by atoms with E-state index in [1.54, 1.807) is 0 Å². The Morgan fingerprint density at radius 2 is 0.957 bits per heavy atom. The molecule has 2 heterocycles. The quantitative estimate of drug-likeness (QED) is 0.200. The molecule has 0 aliphatic rings. The molecule has 0 unspecified atom stereocenters. The summed E-state index contributed by atoms with van der Waals surface area (Å²) in [6, 6.07) is 58.1. The average Bonchev–Trinajstić information content (AvgIpc) is 3.50. The van der Waals surface area contributed by atoms with E-state index >= 15 is 0 Å². The highest BCUT2D eigenvalue weighted by Crippen LogP contribution is 2.40. The second-order valence-corrected chi connectivity index (χ2v) is 11.6. The summed E-state index contributed by atoms with van der Waals surface area (Å²) < 4.78 is 6.12. The van der Waals surface area contributed by atoms with E-state index in [0.29, 0.717) is 0 Å². The van der Waals surface area contributed by atoms with Crippen molar-refractivity contribution in [2.75, 3.05) is 4.90 Å². The Morgan fingerprint density at radius 3 is 1.57 bits per heavy atom. The highest BCUT2D eigenvalue weighted by Gasteiger charge is 2.17. The van der Waals surface area contributed by atoms with Crippen LogP contribution in [0.25, 0.3) is 65.9 Å². The first-order chi connectivity index (χ1) is 22.8. The molecule has 0 radical (unpaired) electrons. The Bertz CT molecular complexity index is 2390. The molecule has 0 spiro atoms. The van der Waals surface area contributed by atoms with Gasteiger partial charge in [0.25, 0.3) is 0 Å². The van der Waals surface area contributed by atoms with Gasteiger partial charge in [-0.25, -0.2) is 0 Å². The molecule has 0 aliphatic heterocycles. The van der Waals surface area contributed by atoms with E-state index in [1.165, 1.54) is 43.8 Å². The lowest BCUT2D eigenvalue weighted by molar-refractivity contribution is 0.668. The molecular formula is C43H28N2O. The maximum absolute atomic E-state index is 6.12. The van der Waals surface area contributed by atoms with Crippen LogP contribution >= 0.6 is 0 Å². The third-order valence-corrected chi connectivity index (χ3v) is 8.92. The minimum absolute atomic E-state index is 0.792. The van der Waals surface area contributed by atoms with Gasteiger partial charge in [-0.3, -0.25) is 4.98 Å². The molecule has 9 rings (SSSR count). The number of pyridine rings is 1. The standard InChI is InChI=1S/C43H28N2O/c1-3-12-36-29(8-1)10-5-14-38(36)31-17-21-33(22-18-31)45(35-25-26-41-40(28-35)43-42(46-41)16-7-27-44-43)34-23-19-32(20-24-34)39-15-6-11-30-9-2-4-13-37(30)39/h1-28H. The first-order valence-electron chi connectivity index (χ1n) is 15.5. The van der Waals surface area contributed by atoms with E-state index < -0.39 is 0 Å². The zero-order valence-corrected chi connectivity index (χ0v) is 25.0. The Hall–Kier alpha value is -6.19. The number of hydrogen-bond donors (Lipinski definition) is 0. The van der Waals surface area contributed by atoms with Crippen LogP contribution in [0.3, 0.4) is 0 Å². The number of rotatable bonds is 5. The van der Waals surface area contributed by atoms with Crippen LogP contribution in [0.15, 0.2) is 174 Å². The predicted octanol–water partition coefficient (Wildman–Crippen LogP) is 12.1. The average molecular weight is 589 g/mol. The Balaban J connectivity index is 1.17. The number of aromatic nitrogens is 1. The van der Waals surface area contributed by atoms with Crippen molar-refractivity contribution in [2.24, 2.45) is 0 Å². The van der Waals surface area contributed by atoms with Gasteiger partial charge in [0.1, 0.15) is 11.1 Å². The monoisotopic (exact) mass is 588 g/mol. The minimum atomic E-state index is 0.792. The Kier molecular flexibility index (Phi) is 6.14. The zero-order chi connectivity index (χ0) is 30.5. The van der Waals surface area contributed by atoms with Crippen LogP contribution in [0.5, 0.6) is 0 Å². The van der Waals surface area contributed by atoms with E-state index in [0.717, 1.165) is 39.1 Å². The molecule has 46 heavy (non-hydrogen) atoms. The third-order valence-electron chi connectivity index (χ3n) is 8.92. The Labute approximate surface area is 266 Å². The SMILES string of the molecule is c1ccc2c(-c3ccc(N(c4ccc(-c5cccc6ccccc56)cc4)c4ccc5oc6cccnc6c5c4)cc3)cccc2c1. The van der Waals surface area contributed by atoms with Crippen molar-refractivity contribution in [3.8, 4) is 22.3 Å². The number of benzene rings is 7. The molecule has 0 saturated heterocycles. The molecule has 2 aromatic heterocycles. The van der Waals surface area contributed by atoms with Gasteiger partial charge < -0.3 is 9.32 Å². The summed E-state index contributed by atoms with van der Waals surface area (Å²) in [6.45, 7) is 0. The van der Waals surface area contributed by atoms with Crippen LogP contribution in [-0.4, -0.2) is 4.98 Å². The topological polar surface area (TPSA) is 29.3 Å². The minimum Gasteiger partial charge on any atom is -0.454 e. The molecule has 3 nitrogen and oxygen atoms in total. The predicted molar refractivity (Wildman–Crippen MR) is 192 cm³/mol. The molecule has 7 aromatic carbocycles. The summed E-state index contributed by atoms with van der Waals surface area (Å²) in [5.41, 5.74) is 10.5. The number of furan rings is 1. The summed E-state index contributed by atoms with van der Waals surface area (Å²) in [4.78, 5) is 6.95. The van der Waals surface area contributed by atoms with Crippen LogP contribution in [-0.2, 0) is 0 Å². The lowest BCUT2D eigenvalue weighted by atomic mass is 9.97. The van der Waals surface area contributed by atoms with Gasteiger partial charge >= 0.3 is 0 Å². The Morgan fingerprint density at radius 1 is 0.413 bits per heavy atom. The normalized spacial score (nSPS) is 11.5. The molecule has 0 amide bonds. The maximum atomic E-state index is 6.12. The molecule has 0 atom stereocenters. The van der Waals surface area contributed by atoms with Gasteiger partial charge in [0.2, 0.25) is 0 Å². The lowest BCUT2D eigenvalue weighted by Crippen LogP contribution is -2.09. The molecule has 3 heteroatoms. The fourth-order valence-corrected chi connectivity index (χ4v) is 6.71. The highest BCUT2D eigenvalue weighted by molar-refractivity contribution is 6.04. The van der Waals surface area contributed by atoms with Crippen LogP contribution in [0.4, 0.5) is 17.1 Å². The lowest BCUT2D eigenvalue weighted by Gasteiger charge is -2.26. The van der Waals surface area contributed by atoms with E-state index in [2.05, 4.69) is 155 Å². The first-order valence-corrected chi connectivity index (χ1v) is 15.5. The second-order valence-electron chi connectivity index (χ2n) is 11.6. The molecule has 0 fully saturated rings. The van der Waals surface area contributed by atoms with Crippen molar-refractivity contribution < 1.29 is 4.42 Å². The fourth-order valence-electron chi connectivity index (χ4n) is 6.71. The van der Waals surface area contributed by atoms with Crippen LogP contribution in [0.2, 0.25) is 0 Å². The van der Waals surface area contributed by atoms with E-state index in [-0.39, 0.29) is 0 Å². The van der Waals surface area contributed by atoms with Gasteiger partial charge in [0.15, 0.2) is 5.58 Å². The van der Waals surface area contributed by atoms with E-state index in [9.17, 15) is 0 Å². The molecule has 0 saturated carbocycles. The summed E-state index contributed by atoms with van der Waals surface area (Å²) in [6.07, 6.45) is 1.82. The van der Waals surface area contributed by atoms with Crippen molar-refractivity contribution in [1.82, 2.24) is 4.98 Å². The van der Waals surface area contributed by atoms with Crippen molar-refractivity contribution >= 4 is 60.7 Å². The molecule has 0 bridgehead atoms. The van der Waals surface area contributed by atoms with Crippen molar-refractivity contribution in [2.45, 2.75) is 0 Å². The van der Waals surface area contributed by atoms with Crippen molar-refractivity contribution in [3.05, 3.63) is 170 Å². The maximum Gasteiger partial charge on any atom is 0.153 e. The largest absolute Gasteiger partial charge is 0.454 e. The third kappa shape index (κ3) is 4.41. The van der Waals surface area contributed by atoms with Gasteiger partial charge in [-0.1, -0.05) is 109 Å². The van der Waals surface area contributed by atoms with Gasteiger partial charge in [0.05, 0.1) is 0 Å². The van der Waals surface area contributed by atoms with E-state index in [4.69, 9.17) is 4.42 Å². The molecule has 216 valence electrons. The highest BCUT2D eigenvalue weighted by atomic mass is 16.3. The van der Waals surface area contributed by atoms with Gasteiger partial charge in [0, 0.05) is 28.6 Å². The van der Waals surface area contributed by atoms with Gasteiger partial charge in [-0.05, 0) is 98.4 Å². The fraction of sp³-hybridized carbons (Fsp3) is 0. The zero-order valence-electron chi connectivity index (χ0n) is 25.0. The molecular weight excluding hydrogens is 560 g/mol. The number of hydrogen-bond acceptors (Lipinski definition) is 3. The van der Waals surface area contributed by atoms with Gasteiger partial charge in [-0.2, -0.15) is 0 Å². The second kappa shape index (κ2) is 10.8. The number of fused-ring (bicyclic) bond motifs is 5. The summed E-state index contributed by atoms with van der Waals surface area (Å²) >= 11 is 0. The van der Waals surface area contributed by atoms with Crippen LogP contribution in [0.1, 0.15) is 0 Å². The van der Waals surface area contributed by atoms with Gasteiger partial charge in [-0.15, -0.1) is 0 Å². The molecule has 0 N–H and O–H groups in total. The molecule has 9 aromatic rings. The van der Waals surface area contributed by atoms with E-state index in [1.807, 2.05) is 24.4 Å². The molecule has 0 aliphatic carbocycles. The first kappa shape index (κ1) is 26.2. The summed E-state index contributed by atoms with van der Waals surface area (Å²) in [5, 5.41) is 5.99. The van der Waals surface area contributed by atoms with Crippen molar-refractivity contribution in [3.63, 3.8) is 0 Å². The van der Waals surface area contributed by atoms with Crippen molar-refractivity contribution in [1.29, 1.82) is 0 Å². The van der Waals surface area contributed by atoms with Crippen LogP contribution in [0, 0.1) is 0 Å². The summed E-state index contributed by atoms with van der Waals surface area (Å²) in [5.74, 6) is 0. The number of nitrogens with zero attached hydrogens (tertiary/aromatic N) is 2. The van der Waals surface area contributed by atoms with Crippen LogP contribution < -0.4 is 4.90 Å². The smallest absolute Gasteiger partial charge is 0.153 e.